The fourth-order valence-corrected chi connectivity index (χ4v) is 5.40. The SMILES string of the molecule is CC[C@@H](C)NC(=O)[C@H](Cc1ccccc1)N(Cc1ccccc1)C(=O)CN(c1ccc(Cl)cc1C)S(C)(=O)=O. The molecule has 9 heteroatoms. The van der Waals surface area contributed by atoms with Gasteiger partial charge in [-0.1, -0.05) is 79.2 Å². The van der Waals surface area contributed by atoms with Gasteiger partial charge in [-0.2, -0.15) is 0 Å². The van der Waals surface area contributed by atoms with Gasteiger partial charge in [-0.25, -0.2) is 8.42 Å². The summed E-state index contributed by atoms with van der Waals surface area (Å²) < 4.78 is 26.9. The number of hydrogen-bond acceptors (Lipinski definition) is 4. The molecule has 0 aliphatic heterocycles. The fourth-order valence-electron chi connectivity index (χ4n) is 4.27. The number of nitrogens with zero attached hydrogens (tertiary/aromatic N) is 2. The predicted octanol–water partition coefficient (Wildman–Crippen LogP) is 4.97. The summed E-state index contributed by atoms with van der Waals surface area (Å²) in [6, 6.07) is 22.7. The molecule has 0 fully saturated rings. The third-order valence-electron chi connectivity index (χ3n) is 6.57. The van der Waals surface area contributed by atoms with E-state index in [1.165, 1.54) is 4.90 Å². The van der Waals surface area contributed by atoms with Gasteiger partial charge in [0, 0.05) is 24.0 Å². The Bertz CT molecular complexity index is 1370. The van der Waals surface area contributed by atoms with E-state index in [1.807, 2.05) is 74.5 Å². The number of anilines is 1. The number of hydrogen-bond donors (Lipinski definition) is 1. The Labute approximate surface area is 236 Å². The predicted molar refractivity (Wildman–Crippen MR) is 157 cm³/mol. The number of carbonyl (C=O) groups excluding carboxylic acids is 2. The van der Waals surface area contributed by atoms with Crippen molar-refractivity contribution in [3.8, 4) is 0 Å². The standard InChI is InChI=1S/C30H36ClN3O4S/c1-5-23(3)32-30(36)28(19-24-12-8-6-9-13-24)33(20-25-14-10-7-11-15-25)29(35)21-34(39(4,37)38)27-17-16-26(31)18-22(27)2/h6-18,23,28H,5,19-21H2,1-4H3,(H,32,36)/t23-,28+/m1/s1. The first-order chi connectivity index (χ1) is 18.5. The zero-order valence-electron chi connectivity index (χ0n) is 22.8. The van der Waals surface area contributed by atoms with Crippen molar-refractivity contribution in [1.82, 2.24) is 10.2 Å². The Kier molecular flexibility index (Phi) is 10.5. The number of rotatable bonds is 12. The van der Waals surface area contributed by atoms with E-state index < -0.39 is 28.5 Å². The molecule has 0 unspecified atom stereocenters. The topological polar surface area (TPSA) is 86.8 Å². The van der Waals surface area contributed by atoms with E-state index in [-0.39, 0.29) is 24.9 Å². The van der Waals surface area contributed by atoms with Crippen LogP contribution in [0, 0.1) is 6.92 Å². The maximum Gasteiger partial charge on any atom is 0.244 e. The Hall–Kier alpha value is -3.36. The molecular weight excluding hydrogens is 534 g/mol. The van der Waals surface area contributed by atoms with Crippen LogP contribution in [0.3, 0.4) is 0 Å². The molecule has 0 aliphatic carbocycles. The van der Waals surface area contributed by atoms with Crippen LogP contribution in [0.15, 0.2) is 78.9 Å². The van der Waals surface area contributed by atoms with Crippen molar-refractivity contribution in [2.75, 3.05) is 17.1 Å². The molecule has 2 amide bonds. The van der Waals surface area contributed by atoms with Gasteiger partial charge in [-0.05, 0) is 55.2 Å². The van der Waals surface area contributed by atoms with Crippen LogP contribution in [-0.4, -0.2) is 50.0 Å². The summed E-state index contributed by atoms with van der Waals surface area (Å²) in [7, 11) is -3.84. The summed E-state index contributed by atoms with van der Waals surface area (Å²) in [6.45, 7) is 5.31. The van der Waals surface area contributed by atoms with Crippen molar-refractivity contribution in [1.29, 1.82) is 0 Å². The lowest BCUT2D eigenvalue weighted by molar-refractivity contribution is -0.140. The van der Waals surface area contributed by atoms with Crippen LogP contribution in [0.1, 0.15) is 37.0 Å². The maximum absolute atomic E-state index is 14.1. The summed E-state index contributed by atoms with van der Waals surface area (Å²) in [5.41, 5.74) is 2.69. The molecule has 3 aromatic carbocycles. The number of benzene rings is 3. The number of halogens is 1. The van der Waals surface area contributed by atoms with Crippen LogP contribution in [0.25, 0.3) is 0 Å². The number of nitrogens with one attached hydrogen (secondary N) is 1. The van der Waals surface area contributed by atoms with Gasteiger partial charge in [-0.15, -0.1) is 0 Å². The third kappa shape index (κ3) is 8.57. The number of amides is 2. The van der Waals surface area contributed by atoms with Gasteiger partial charge in [0.1, 0.15) is 12.6 Å². The molecule has 1 N–H and O–H groups in total. The van der Waals surface area contributed by atoms with Crippen LogP contribution in [0.5, 0.6) is 0 Å². The smallest absolute Gasteiger partial charge is 0.244 e. The highest BCUT2D eigenvalue weighted by molar-refractivity contribution is 7.92. The van der Waals surface area contributed by atoms with E-state index in [0.717, 1.165) is 28.1 Å². The molecule has 2 atom stereocenters. The molecule has 7 nitrogen and oxygen atoms in total. The quantitative estimate of drug-likeness (QED) is 0.334. The highest BCUT2D eigenvalue weighted by atomic mass is 35.5. The Morgan fingerprint density at radius 2 is 1.54 bits per heavy atom. The minimum Gasteiger partial charge on any atom is -0.352 e. The van der Waals surface area contributed by atoms with Crippen LogP contribution in [-0.2, 0) is 32.6 Å². The van der Waals surface area contributed by atoms with Crippen molar-refractivity contribution in [3.63, 3.8) is 0 Å². The first-order valence-electron chi connectivity index (χ1n) is 12.9. The van der Waals surface area contributed by atoms with Crippen molar-refractivity contribution in [2.24, 2.45) is 0 Å². The molecule has 0 saturated heterocycles. The van der Waals surface area contributed by atoms with Gasteiger partial charge >= 0.3 is 0 Å². The molecule has 3 rings (SSSR count). The van der Waals surface area contributed by atoms with Gasteiger partial charge in [0.2, 0.25) is 21.8 Å². The molecule has 0 bridgehead atoms. The highest BCUT2D eigenvalue weighted by Gasteiger charge is 2.33. The van der Waals surface area contributed by atoms with Gasteiger partial charge in [-0.3, -0.25) is 13.9 Å². The summed E-state index contributed by atoms with van der Waals surface area (Å²) in [5.74, 6) is -0.773. The van der Waals surface area contributed by atoms with E-state index in [2.05, 4.69) is 5.32 Å². The zero-order chi connectivity index (χ0) is 28.6. The molecule has 0 aromatic heterocycles. The van der Waals surface area contributed by atoms with Gasteiger partial charge < -0.3 is 10.2 Å². The Morgan fingerprint density at radius 1 is 0.949 bits per heavy atom. The first kappa shape index (κ1) is 30.2. The minimum absolute atomic E-state index is 0.0892. The molecule has 0 radical (unpaired) electrons. The number of sulfonamides is 1. The minimum atomic E-state index is -3.84. The first-order valence-corrected chi connectivity index (χ1v) is 15.1. The van der Waals surface area contributed by atoms with Crippen molar-refractivity contribution in [3.05, 3.63) is 101 Å². The van der Waals surface area contributed by atoms with E-state index in [0.29, 0.717) is 16.3 Å². The molecule has 0 heterocycles. The molecule has 0 spiro atoms. The van der Waals surface area contributed by atoms with Gasteiger partial charge in [0.25, 0.3) is 0 Å². The van der Waals surface area contributed by atoms with Crippen molar-refractivity contribution < 1.29 is 18.0 Å². The summed E-state index contributed by atoms with van der Waals surface area (Å²) in [6.07, 6.45) is 2.07. The molecule has 0 aliphatic rings. The van der Waals surface area contributed by atoms with E-state index in [9.17, 15) is 18.0 Å². The highest BCUT2D eigenvalue weighted by Crippen LogP contribution is 2.26. The number of aryl methyl sites for hydroxylation is 1. The normalized spacial score (nSPS) is 12.8. The fraction of sp³-hybridized carbons (Fsp3) is 0.333. The largest absolute Gasteiger partial charge is 0.352 e. The maximum atomic E-state index is 14.1. The monoisotopic (exact) mass is 569 g/mol. The average molecular weight is 570 g/mol. The second kappa shape index (κ2) is 13.6. The van der Waals surface area contributed by atoms with Gasteiger partial charge in [0.05, 0.1) is 11.9 Å². The molecule has 208 valence electrons. The Balaban J connectivity index is 2.06. The van der Waals surface area contributed by atoms with E-state index >= 15 is 0 Å². The molecular formula is C30H36ClN3O4S. The number of carbonyl (C=O) groups is 2. The Morgan fingerprint density at radius 3 is 2.08 bits per heavy atom. The average Bonchev–Trinajstić information content (AvgIpc) is 2.90. The van der Waals surface area contributed by atoms with Crippen molar-refractivity contribution >= 4 is 39.1 Å². The lowest BCUT2D eigenvalue weighted by atomic mass is 10.0. The summed E-state index contributed by atoms with van der Waals surface area (Å²) in [4.78, 5) is 29.2. The van der Waals surface area contributed by atoms with E-state index in [4.69, 9.17) is 11.6 Å². The molecule has 39 heavy (non-hydrogen) atoms. The lowest BCUT2D eigenvalue weighted by Crippen LogP contribution is -2.54. The van der Waals surface area contributed by atoms with Crippen molar-refractivity contribution in [2.45, 2.75) is 52.2 Å². The second-order valence-electron chi connectivity index (χ2n) is 9.73. The van der Waals surface area contributed by atoms with Gasteiger partial charge in [0.15, 0.2) is 0 Å². The van der Waals surface area contributed by atoms with E-state index in [1.54, 1.807) is 25.1 Å². The second-order valence-corrected chi connectivity index (χ2v) is 12.1. The molecule has 0 saturated carbocycles. The lowest BCUT2D eigenvalue weighted by Gasteiger charge is -2.34. The van der Waals surface area contributed by atoms with Crippen LogP contribution in [0.2, 0.25) is 5.02 Å². The van der Waals surface area contributed by atoms with Crippen LogP contribution >= 0.6 is 11.6 Å². The zero-order valence-corrected chi connectivity index (χ0v) is 24.4. The summed E-state index contributed by atoms with van der Waals surface area (Å²) in [5, 5.41) is 3.49. The van der Waals surface area contributed by atoms with Crippen LogP contribution < -0.4 is 9.62 Å². The third-order valence-corrected chi connectivity index (χ3v) is 7.94. The molecule has 3 aromatic rings. The van der Waals surface area contributed by atoms with Crippen LogP contribution in [0.4, 0.5) is 5.69 Å². The summed E-state index contributed by atoms with van der Waals surface area (Å²) >= 11 is 6.10.